The van der Waals surface area contributed by atoms with Crippen LogP contribution in [-0.2, 0) is 9.53 Å². The van der Waals surface area contributed by atoms with E-state index in [9.17, 15) is 4.79 Å². The Labute approximate surface area is 168 Å². The highest BCUT2D eigenvalue weighted by molar-refractivity contribution is 5.92. The number of nitrogens with one attached hydrogen (secondary N) is 1. The van der Waals surface area contributed by atoms with Gasteiger partial charge < -0.3 is 19.5 Å². The third kappa shape index (κ3) is 6.84. The second-order valence-electron chi connectivity index (χ2n) is 7.63. The Morgan fingerprint density at radius 1 is 1.21 bits per heavy atom. The van der Waals surface area contributed by atoms with Gasteiger partial charge in [-0.1, -0.05) is 19.9 Å². The summed E-state index contributed by atoms with van der Waals surface area (Å²) >= 11 is 0. The van der Waals surface area contributed by atoms with Gasteiger partial charge in [0.25, 0.3) is 0 Å². The first-order valence-corrected chi connectivity index (χ1v) is 10.0. The number of carbonyl (C=O) groups is 1. The molecule has 1 amide bonds. The number of amides is 1. The molecule has 6 heteroatoms. The first-order valence-electron chi connectivity index (χ1n) is 10.0. The zero-order valence-electron chi connectivity index (χ0n) is 17.7. The van der Waals surface area contributed by atoms with Crippen LogP contribution in [0.15, 0.2) is 24.3 Å². The number of rotatable bonds is 9. The van der Waals surface area contributed by atoms with Gasteiger partial charge in [0.15, 0.2) is 11.5 Å². The first kappa shape index (κ1) is 22.2. The number of methoxy groups -OCH3 is 1. The first-order chi connectivity index (χ1) is 13.4. The van der Waals surface area contributed by atoms with E-state index in [4.69, 9.17) is 14.2 Å². The third-order valence-corrected chi connectivity index (χ3v) is 4.90. The van der Waals surface area contributed by atoms with E-state index in [0.717, 1.165) is 31.9 Å². The summed E-state index contributed by atoms with van der Waals surface area (Å²) in [5.41, 5.74) is 0.887. The number of hydrogen-bond acceptors (Lipinski definition) is 5. The molecule has 0 aliphatic carbocycles. The summed E-state index contributed by atoms with van der Waals surface area (Å²) in [6.07, 6.45) is 3.35. The topological polar surface area (TPSA) is 60.0 Å². The number of benzene rings is 1. The predicted molar refractivity (Wildman–Crippen MR) is 112 cm³/mol. The largest absolute Gasteiger partial charge is 0.493 e. The van der Waals surface area contributed by atoms with Gasteiger partial charge in [0, 0.05) is 31.2 Å². The van der Waals surface area contributed by atoms with Gasteiger partial charge in [0.05, 0.1) is 26.9 Å². The van der Waals surface area contributed by atoms with Crippen LogP contribution in [0.2, 0.25) is 0 Å². The van der Waals surface area contributed by atoms with Crippen molar-refractivity contribution in [2.24, 2.45) is 5.92 Å². The maximum absolute atomic E-state index is 12.3. The Bertz CT molecular complexity index is 654. The number of hydrogen-bond donors (Lipinski definition) is 1. The van der Waals surface area contributed by atoms with Crippen molar-refractivity contribution >= 4 is 12.0 Å². The van der Waals surface area contributed by atoms with E-state index in [2.05, 4.69) is 31.0 Å². The number of carbonyl (C=O) groups excluding carboxylic acids is 1. The van der Waals surface area contributed by atoms with Crippen LogP contribution in [0.5, 0.6) is 11.5 Å². The number of morpholine rings is 1. The van der Waals surface area contributed by atoms with E-state index in [0.29, 0.717) is 24.0 Å². The van der Waals surface area contributed by atoms with Crippen molar-refractivity contribution in [3.05, 3.63) is 29.8 Å². The Hall–Kier alpha value is -2.05. The third-order valence-electron chi connectivity index (χ3n) is 4.90. The second-order valence-corrected chi connectivity index (χ2v) is 7.63. The van der Waals surface area contributed by atoms with Crippen molar-refractivity contribution in [1.29, 1.82) is 0 Å². The maximum atomic E-state index is 12.3. The van der Waals surface area contributed by atoms with Crippen LogP contribution in [0, 0.1) is 5.92 Å². The van der Waals surface area contributed by atoms with Crippen LogP contribution >= 0.6 is 0 Å². The normalized spacial score (nSPS) is 17.5. The molecule has 0 radical (unpaired) electrons. The lowest BCUT2D eigenvalue weighted by atomic mass is 10.1. The Kier molecular flexibility index (Phi) is 8.80. The second kappa shape index (κ2) is 11.1. The average molecular weight is 391 g/mol. The molecule has 1 fully saturated rings. The fourth-order valence-corrected chi connectivity index (χ4v) is 3.03. The van der Waals surface area contributed by atoms with E-state index >= 15 is 0 Å². The van der Waals surface area contributed by atoms with Crippen molar-refractivity contribution < 1.29 is 19.0 Å². The molecular formula is C22H34N2O4. The standard InChI is InChI=1S/C22H34N2O4/c1-16(2)15-28-20-8-6-19(14-21(20)26-5)7-9-22(25)23-17(3)18(4)24-10-12-27-13-11-24/h6-9,14,16-18H,10-13,15H2,1-5H3,(H,23,25). The number of ether oxygens (including phenoxy) is 3. The van der Waals surface area contributed by atoms with E-state index in [-0.39, 0.29) is 18.0 Å². The highest BCUT2D eigenvalue weighted by Gasteiger charge is 2.22. The summed E-state index contributed by atoms with van der Waals surface area (Å²) in [4.78, 5) is 14.7. The average Bonchev–Trinajstić information content (AvgIpc) is 2.70. The summed E-state index contributed by atoms with van der Waals surface area (Å²) in [5.74, 6) is 1.71. The molecule has 1 N–H and O–H groups in total. The van der Waals surface area contributed by atoms with Crippen LogP contribution in [-0.4, -0.2) is 62.9 Å². The van der Waals surface area contributed by atoms with Crippen molar-refractivity contribution in [1.82, 2.24) is 10.2 Å². The summed E-state index contributed by atoms with van der Waals surface area (Å²) < 4.78 is 16.6. The summed E-state index contributed by atoms with van der Waals surface area (Å²) in [6, 6.07) is 5.98. The fourth-order valence-electron chi connectivity index (χ4n) is 3.03. The van der Waals surface area contributed by atoms with Crippen LogP contribution in [0.25, 0.3) is 6.08 Å². The fraction of sp³-hybridized carbons (Fsp3) is 0.591. The maximum Gasteiger partial charge on any atom is 0.244 e. The Balaban J connectivity index is 1.91. The molecule has 1 aliphatic rings. The lowest BCUT2D eigenvalue weighted by Crippen LogP contribution is -2.51. The molecule has 1 aromatic carbocycles. The molecule has 1 heterocycles. The molecule has 0 saturated carbocycles. The van der Waals surface area contributed by atoms with Crippen LogP contribution < -0.4 is 14.8 Å². The molecule has 6 nitrogen and oxygen atoms in total. The lowest BCUT2D eigenvalue weighted by molar-refractivity contribution is -0.117. The van der Waals surface area contributed by atoms with Crippen LogP contribution in [0.3, 0.4) is 0 Å². The minimum atomic E-state index is -0.105. The smallest absolute Gasteiger partial charge is 0.244 e. The molecule has 0 bridgehead atoms. The zero-order valence-corrected chi connectivity index (χ0v) is 17.7. The van der Waals surface area contributed by atoms with Crippen LogP contribution in [0.4, 0.5) is 0 Å². The molecule has 2 rings (SSSR count). The molecule has 28 heavy (non-hydrogen) atoms. The molecule has 2 unspecified atom stereocenters. The molecule has 1 aliphatic heterocycles. The quantitative estimate of drug-likeness (QED) is 0.657. The van der Waals surface area contributed by atoms with Crippen molar-refractivity contribution in [3.8, 4) is 11.5 Å². The van der Waals surface area contributed by atoms with Gasteiger partial charge in [0.2, 0.25) is 5.91 Å². The SMILES string of the molecule is COc1cc(C=CC(=O)NC(C)C(C)N2CCOCC2)ccc1OCC(C)C. The van der Waals surface area contributed by atoms with Crippen molar-refractivity contribution in [2.45, 2.75) is 39.8 Å². The molecule has 1 aromatic rings. The van der Waals surface area contributed by atoms with Crippen molar-refractivity contribution in [3.63, 3.8) is 0 Å². The highest BCUT2D eigenvalue weighted by atomic mass is 16.5. The minimum absolute atomic E-state index is 0.0524. The summed E-state index contributed by atoms with van der Waals surface area (Å²) in [7, 11) is 1.62. The Morgan fingerprint density at radius 2 is 1.93 bits per heavy atom. The molecule has 2 atom stereocenters. The van der Waals surface area contributed by atoms with Gasteiger partial charge in [0.1, 0.15) is 0 Å². The van der Waals surface area contributed by atoms with Gasteiger partial charge in [-0.2, -0.15) is 0 Å². The Morgan fingerprint density at radius 3 is 2.57 bits per heavy atom. The predicted octanol–water partition coefficient (Wildman–Crippen LogP) is 2.97. The van der Waals surface area contributed by atoms with E-state index < -0.39 is 0 Å². The van der Waals surface area contributed by atoms with E-state index in [1.54, 1.807) is 19.3 Å². The van der Waals surface area contributed by atoms with E-state index in [1.165, 1.54) is 0 Å². The van der Waals surface area contributed by atoms with Gasteiger partial charge in [-0.15, -0.1) is 0 Å². The van der Waals surface area contributed by atoms with Gasteiger partial charge in [-0.25, -0.2) is 0 Å². The van der Waals surface area contributed by atoms with Gasteiger partial charge >= 0.3 is 0 Å². The molecule has 0 aromatic heterocycles. The summed E-state index contributed by atoms with van der Waals surface area (Å²) in [6.45, 7) is 12.3. The monoisotopic (exact) mass is 390 g/mol. The van der Waals surface area contributed by atoms with E-state index in [1.807, 2.05) is 25.1 Å². The molecule has 0 spiro atoms. The molecule has 1 saturated heterocycles. The molecule has 156 valence electrons. The zero-order chi connectivity index (χ0) is 20.5. The van der Waals surface area contributed by atoms with Crippen LogP contribution in [0.1, 0.15) is 33.3 Å². The highest BCUT2D eigenvalue weighted by Crippen LogP contribution is 2.29. The van der Waals surface area contributed by atoms with Gasteiger partial charge in [-0.05, 0) is 43.5 Å². The minimum Gasteiger partial charge on any atom is -0.493 e. The lowest BCUT2D eigenvalue weighted by Gasteiger charge is -2.35. The van der Waals surface area contributed by atoms with Crippen molar-refractivity contribution in [2.75, 3.05) is 40.0 Å². The molecular weight excluding hydrogens is 356 g/mol. The summed E-state index contributed by atoms with van der Waals surface area (Å²) in [5, 5.41) is 3.06. The van der Waals surface area contributed by atoms with Gasteiger partial charge in [-0.3, -0.25) is 9.69 Å². The number of nitrogens with zero attached hydrogens (tertiary/aromatic N) is 1.